The lowest BCUT2D eigenvalue weighted by atomic mass is 9.47. The van der Waals surface area contributed by atoms with Gasteiger partial charge in [-0.1, -0.05) is 54.6 Å². The number of rotatable bonds is 25. The number of nitrogens with two attached hydrogens (primary N) is 1. The predicted molar refractivity (Wildman–Crippen MR) is 204 cm³/mol. The molecule has 0 aliphatic heterocycles. The first-order valence-corrected chi connectivity index (χ1v) is 19.6. The first kappa shape index (κ1) is 39.3. The number of pyridine rings is 1. The van der Waals surface area contributed by atoms with Gasteiger partial charge in [0.15, 0.2) is 0 Å². The van der Waals surface area contributed by atoms with Crippen LogP contribution in [0.1, 0.15) is 67.7 Å². The van der Waals surface area contributed by atoms with Crippen LogP contribution in [0, 0.1) is 30.1 Å². The molecule has 10 heteroatoms. The molecule has 4 aliphatic rings. The van der Waals surface area contributed by atoms with Crippen molar-refractivity contribution < 1.29 is 33.2 Å². The van der Waals surface area contributed by atoms with Crippen LogP contribution in [0.15, 0.2) is 66.9 Å². The monoisotopic (exact) mass is 729 g/mol. The van der Waals surface area contributed by atoms with Crippen molar-refractivity contribution in [2.45, 2.75) is 64.5 Å². The van der Waals surface area contributed by atoms with E-state index in [1.54, 1.807) is 0 Å². The van der Waals surface area contributed by atoms with Gasteiger partial charge in [-0.25, -0.2) is 4.98 Å². The zero-order valence-corrected chi connectivity index (χ0v) is 31.5. The van der Waals surface area contributed by atoms with Crippen LogP contribution in [-0.2, 0) is 35.1 Å². The number of primary amides is 1. The zero-order chi connectivity index (χ0) is 36.7. The number of nitrogens with zero attached hydrogens (tertiary/aromatic N) is 1. The Morgan fingerprint density at radius 3 is 1.91 bits per heavy atom. The third kappa shape index (κ3) is 11.6. The average molecular weight is 730 g/mol. The second-order valence-electron chi connectivity index (χ2n) is 15.1. The molecule has 3 N–H and O–H groups in total. The standard InChI is InChI=1S/C43H59N3O7/c1-32-38(8-5-9-39(32)36-6-3-2-4-7-36)31-53-41-11-10-37(30-46-41)42(43-27-33-24-34(28-43)26-35(25-33)29-43)45-13-15-49-17-19-51-21-23-52-22-20-50-18-16-48-14-12-40(44)47/h2-11,30,33-35,42,45H,12-29,31H2,1H3,(H2,44,47). The van der Waals surface area contributed by atoms with E-state index in [-0.39, 0.29) is 23.8 Å². The van der Waals surface area contributed by atoms with Crippen LogP contribution in [0.2, 0.25) is 0 Å². The molecule has 0 radical (unpaired) electrons. The SMILES string of the molecule is Cc1c(COc2ccc(C(NCCOCCOCCOCCOCCOCCC(N)=O)C34CC5CC(CC(C5)C3)C4)cn2)cccc1-c1ccccc1. The van der Waals surface area contributed by atoms with Crippen LogP contribution in [-0.4, -0.2) is 83.5 Å². The van der Waals surface area contributed by atoms with E-state index in [2.05, 4.69) is 72.9 Å². The summed E-state index contributed by atoms with van der Waals surface area (Å²) in [5, 5.41) is 3.95. The van der Waals surface area contributed by atoms with E-state index in [0.29, 0.717) is 78.6 Å². The van der Waals surface area contributed by atoms with Gasteiger partial charge < -0.3 is 39.5 Å². The van der Waals surface area contributed by atoms with E-state index in [1.807, 2.05) is 6.20 Å². The third-order valence-electron chi connectivity index (χ3n) is 11.3. The molecule has 2 aromatic carbocycles. The summed E-state index contributed by atoms with van der Waals surface area (Å²) in [7, 11) is 0. The van der Waals surface area contributed by atoms with E-state index in [0.717, 1.165) is 24.3 Å². The summed E-state index contributed by atoms with van der Waals surface area (Å²) in [4.78, 5) is 15.5. The lowest BCUT2D eigenvalue weighted by Gasteiger charge is -2.59. The highest BCUT2D eigenvalue weighted by Gasteiger charge is 2.54. The van der Waals surface area contributed by atoms with E-state index < -0.39 is 0 Å². The van der Waals surface area contributed by atoms with Gasteiger partial charge in [-0.2, -0.15) is 0 Å². The number of nitrogens with one attached hydrogen (secondary N) is 1. The van der Waals surface area contributed by atoms with Gasteiger partial charge in [0.2, 0.25) is 11.8 Å². The summed E-state index contributed by atoms with van der Waals surface area (Å²) in [6, 6.07) is 21.5. The summed E-state index contributed by atoms with van der Waals surface area (Å²) < 4.78 is 34.2. The molecule has 0 spiro atoms. The van der Waals surface area contributed by atoms with Crippen molar-refractivity contribution in [3.8, 4) is 17.0 Å². The molecule has 0 saturated heterocycles. The van der Waals surface area contributed by atoms with Crippen LogP contribution in [0.3, 0.4) is 0 Å². The lowest BCUT2D eigenvalue weighted by Crippen LogP contribution is -2.52. The van der Waals surface area contributed by atoms with Crippen molar-refractivity contribution >= 4 is 5.91 Å². The van der Waals surface area contributed by atoms with Crippen LogP contribution in [0.4, 0.5) is 0 Å². The Hall–Kier alpha value is -3.38. The maximum Gasteiger partial charge on any atom is 0.219 e. The second-order valence-corrected chi connectivity index (χ2v) is 15.1. The summed E-state index contributed by atoms with van der Waals surface area (Å²) in [5.41, 5.74) is 11.5. The van der Waals surface area contributed by atoms with E-state index in [4.69, 9.17) is 39.1 Å². The molecule has 1 atom stereocenters. The molecule has 4 bridgehead atoms. The van der Waals surface area contributed by atoms with Crippen molar-refractivity contribution in [1.29, 1.82) is 0 Å². The van der Waals surface area contributed by atoms with Crippen LogP contribution in [0.5, 0.6) is 5.88 Å². The van der Waals surface area contributed by atoms with Gasteiger partial charge in [-0.15, -0.1) is 0 Å². The van der Waals surface area contributed by atoms with Gasteiger partial charge >= 0.3 is 0 Å². The molecule has 53 heavy (non-hydrogen) atoms. The number of hydrogen-bond acceptors (Lipinski definition) is 9. The Balaban J connectivity index is 0.918. The fourth-order valence-corrected chi connectivity index (χ4v) is 9.22. The number of benzene rings is 2. The van der Waals surface area contributed by atoms with Gasteiger partial charge in [0.05, 0.1) is 66.1 Å². The molecule has 1 heterocycles. The van der Waals surface area contributed by atoms with Gasteiger partial charge in [-0.3, -0.25) is 4.79 Å². The first-order chi connectivity index (χ1) is 26.0. The van der Waals surface area contributed by atoms with Gasteiger partial charge in [0.1, 0.15) is 6.61 Å². The molecule has 4 saturated carbocycles. The predicted octanol–water partition coefficient (Wildman–Crippen LogP) is 6.44. The highest BCUT2D eigenvalue weighted by molar-refractivity contribution is 5.73. The Labute approximate surface area is 315 Å². The number of ether oxygens (including phenoxy) is 6. The van der Waals surface area contributed by atoms with Gasteiger partial charge in [0, 0.05) is 31.3 Å². The molecule has 1 amide bonds. The van der Waals surface area contributed by atoms with Crippen molar-refractivity contribution in [2.75, 3.05) is 72.6 Å². The maximum atomic E-state index is 10.7. The molecule has 3 aromatic rings. The lowest BCUT2D eigenvalue weighted by molar-refractivity contribution is -0.119. The van der Waals surface area contributed by atoms with Crippen LogP contribution < -0.4 is 15.8 Å². The number of amides is 1. The van der Waals surface area contributed by atoms with E-state index >= 15 is 0 Å². The molecule has 7 rings (SSSR count). The third-order valence-corrected chi connectivity index (χ3v) is 11.3. The highest BCUT2D eigenvalue weighted by atomic mass is 16.6. The molecule has 4 aliphatic carbocycles. The Morgan fingerprint density at radius 1 is 0.755 bits per heavy atom. The number of aromatic nitrogens is 1. The smallest absolute Gasteiger partial charge is 0.219 e. The number of hydrogen-bond donors (Lipinski definition) is 2. The number of carbonyl (C=O) groups is 1. The number of carbonyl (C=O) groups excluding carboxylic acids is 1. The molecule has 1 unspecified atom stereocenters. The van der Waals surface area contributed by atoms with Crippen molar-refractivity contribution in [2.24, 2.45) is 28.9 Å². The van der Waals surface area contributed by atoms with Crippen molar-refractivity contribution in [1.82, 2.24) is 10.3 Å². The normalized spacial score (nSPS) is 22.2. The van der Waals surface area contributed by atoms with Crippen LogP contribution >= 0.6 is 0 Å². The van der Waals surface area contributed by atoms with E-state index in [1.165, 1.54) is 66.3 Å². The Bertz CT molecular complexity index is 1500. The molecule has 10 nitrogen and oxygen atoms in total. The molecular weight excluding hydrogens is 670 g/mol. The van der Waals surface area contributed by atoms with Crippen molar-refractivity contribution in [3.05, 3.63) is 83.6 Å². The molecule has 1 aromatic heterocycles. The van der Waals surface area contributed by atoms with Gasteiger partial charge in [-0.05, 0) is 96.4 Å². The highest BCUT2D eigenvalue weighted by Crippen LogP contribution is 2.64. The fraction of sp³-hybridized carbons (Fsp3) is 0.581. The average Bonchev–Trinajstić information content (AvgIpc) is 3.15. The second kappa shape index (κ2) is 20.3. The minimum absolute atomic E-state index is 0.227. The minimum Gasteiger partial charge on any atom is -0.473 e. The quantitative estimate of drug-likeness (QED) is 0.0949. The molecule has 288 valence electrons. The summed E-state index contributed by atoms with van der Waals surface area (Å²) >= 11 is 0. The Kier molecular flexibility index (Phi) is 15.1. The molecular formula is C43H59N3O7. The van der Waals surface area contributed by atoms with Gasteiger partial charge in [0.25, 0.3) is 0 Å². The minimum atomic E-state index is -0.364. The maximum absolute atomic E-state index is 10.7. The molecule has 4 fully saturated rings. The summed E-state index contributed by atoms with van der Waals surface area (Å²) in [6.45, 7) is 8.34. The summed E-state index contributed by atoms with van der Waals surface area (Å²) in [5.74, 6) is 2.88. The van der Waals surface area contributed by atoms with Crippen molar-refractivity contribution in [3.63, 3.8) is 0 Å². The summed E-state index contributed by atoms with van der Waals surface area (Å²) in [6.07, 6.45) is 10.4. The largest absolute Gasteiger partial charge is 0.473 e. The fourth-order valence-electron chi connectivity index (χ4n) is 9.22. The zero-order valence-electron chi connectivity index (χ0n) is 31.5. The van der Waals surface area contributed by atoms with Crippen LogP contribution in [0.25, 0.3) is 11.1 Å². The first-order valence-electron chi connectivity index (χ1n) is 19.6. The topological polar surface area (TPSA) is 123 Å². The van der Waals surface area contributed by atoms with E-state index in [9.17, 15) is 4.79 Å². The Morgan fingerprint density at radius 2 is 1.34 bits per heavy atom.